The van der Waals surface area contributed by atoms with E-state index >= 15 is 0 Å². The Labute approximate surface area is 116 Å². The van der Waals surface area contributed by atoms with Gasteiger partial charge in [-0.3, -0.25) is 0 Å². The van der Waals surface area contributed by atoms with E-state index in [-0.39, 0.29) is 0 Å². The summed E-state index contributed by atoms with van der Waals surface area (Å²) in [6.07, 6.45) is 6.27. The Morgan fingerprint density at radius 3 is 1.89 bits per heavy atom. The van der Waals surface area contributed by atoms with E-state index in [1.54, 1.807) is 21.3 Å². The first-order valence-electron chi connectivity index (χ1n) is 6.97. The van der Waals surface area contributed by atoms with E-state index in [1.165, 1.54) is 31.2 Å². The molecule has 0 aliphatic heterocycles. The van der Waals surface area contributed by atoms with Crippen LogP contribution in [0.4, 0.5) is 0 Å². The van der Waals surface area contributed by atoms with E-state index in [0.29, 0.717) is 0 Å². The summed E-state index contributed by atoms with van der Waals surface area (Å²) in [6, 6.07) is 8.25. The summed E-state index contributed by atoms with van der Waals surface area (Å²) in [5.74, 6) is -1.10. The van der Waals surface area contributed by atoms with Crippen molar-refractivity contribution in [1.82, 2.24) is 0 Å². The van der Waals surface area contributed by atoms with Crippen LogP contribution in [0.2, 0.25) is 0 Å². The van der Waals surface area contributed by atoms with Crippen LogP contribution in [0.5, 0.6) is 0 Å². The Hall–Kier alpha value is -0.900. The van der Waals surface area contributed by atoms with Gasteiger partial charge in [0.05, 0.1) is 0 Å². The minimum absolute atomic E-state index is 0.873. The molecule has 0 saturated heterocycles. The molecular formula is C16H26O3. The molecule has 1 aromatic carbocycles. The van der Waals surface area contributed by atoms with Crippen LogP contribution in [0.3, 0.4) is 0 Å². The SMILES string of the molecule is CCCCCCc1ccc(C(OC)(OC)OC)cc1. The van der Waals surface area contributed by atoms with Crippen molar-refractivity contribution in [3.8, 4) is 0 Å². The Bertz CT molecular complexity index is 333. The van der Waals surface area contributed by atoms with Gasteiger partial charge in [0.25, 0.3) is 0 Å². The minimum atomic E-state index is -1.10. The van der Waals surface area contributed by atoms with E-state index in [0.717, 1.165) is 12.0 Å². The van der Waals surface area contributed by atoms with Gasteiger partial charge < -0.3 is 14.2 Å². The lowest BCUT2D eigenvalue weighted by Crippen LogP contribution is -2.32. The highest BCUT2D eigenvalue weighted by Gasteiger charge is 2.32. The van der Waals surface area contributed by atoms with E-state index in [9.17, 15) is 0 Å². The zero-order valence-corrected chi connectivity index (χ0v) is 12.6. The van der Waals surface area contributed by atoms with Gasteiger partial charge in [-0.15, -0.1) is 0 Å². The van der Waals surface area contributed by atoms with Crippen LogP contribution in [0, 0.1) is 0 Å². The Morgan fingerprint density at radius 2 is 1.42 bits per heavy atom. The van der Waals surface area contributed by atoms with Crippen molar-refractivity contribution in [1.29, 1.82) is 0 Å². The van der Waals surface area contributed by atoms with Gasteiger partial charge in [0.1, 0.15) is 0 Å². The lowest BCUT2D eigenvalue weighted by atomic mass is 10.0. The molecule has 1 aromatic rings. The standard InChI is InChI=1S/C16H26O3/c1-5-6-7-8-9-14-10-12-15(13-11-14)16(17-2,18-3)19-4/h10-13H,5-9H2,1-4H3. The molecule has 0 aliphatic carbocycles. The molecule has 0 amide bonds. The molecule has 0 aromatic heterocycles. The van der Waals surface area contributed by atoms with E-state index in [1.807, 2.05) is 12.1 Å². The molecule has 108 valence electrons. The van der Waals surface area contributed by atoms with Gasteiger partial charge >= 0.3 is 5.97 Å². The molecule has 1 rings (SSSR count). The molecule has 0 heterocycles. The molecule has 0 bridgehead atoms. The van der Waals surface area contributed by atoms with Crippen LogP contribution in [0.15, 0.2) is 24.3 Å². The fraction of sp³-hybridized carbons (Fsp3) is 0.625. The summed E-state index contributed by atoms with van der Waals surface area (Å²) < 4.78 is 16.0. The lowest BCUT2D eigenvalue weighted by Gasteiger charge is -2.29. The molecule has 0 spiro atoms. The molecule has 0 N–H and O–H groups in total. The molecule has 0 unspecified atom stereocenters. The Kier molecular flexibility index (Phi) is 7.06. The van der Waals surface area contributed by atoms with Crippen molar-refractivity contribution in [3.63, 3.8) is 0 Å². The molecular weight excluding hydrogens is 240 g/mol. The van der Waals surface area contributed by atoms with Gasteiger partial charge in [-0.1, -0.05) is 50.5 Å². The Morgan fingerprint density at radius 1 is 0.842 bits per heavy atom. The normalized spacial score (nSPS) is 11.8. The smallest absolute Gasteiger partial charge is 0.311 e. The predicted octanol–water partition coefficient (Wildman–Crippen LogP) is 3.86. The first-order chi connectivity index (χ1) is 9.22. The zero-order valence-electron chi connectivity index (χ0n) is 12.6. The van der Waals surface area contributed by atoms with Gasteiger partial charge in [-0.05, 0) is 18.4 Å². The second kappa shape index (κ2) is 8.31. The lowest BCUT2D eigenvalue weighted by molar-refractivity contribution is -0.364. The molecule has 3 heteroatoms. The summed E-state index contributed by atoms with van der Waals surface area (Å²) >= 11 is 0. The topological polar surface area (TPSA) is 27.7 Å². The van der Waals surface area contributed by atoms with Crippen LogP contribution in [-0.4, -0.2) is 21.3 Å². The fourth-order valence-corrected chi connectivity index (χ4v) is 2.23. The summed E-state index contributed by atoms with van der Waals surface area (Å²) in [6.45, 7) is 2.23. The highest BCUT2D eigenvalue weighted by molar-refractivity contribution is 5.25. The fourth-order valence-electron chi connectivity index (χ4n) is 2.23. The second-order valence-corrected chi connectivity index (χ2v) is 4.68. The molecule has 0 radical (unpaired) electrons. The number of unbranched alkanes of at least 4 members (excludes halogenated alkanes) is 3. The quantitative estimate of drug-likeness (QED) is 0.502. The van der Waals surface area contributed by atoms with Gasteiger partial charge in [0, 0.05) is 26.9 Å². The molecule has 0 saturated carbocycles. The van der Waals surface area contributed by atoms with Gasteiger partial charge in [-0.25, -0.2) is 0 Å². The highest BCUT2D eigenvalue weighted by Crippen LogP contribution is 2.27. The maximum Gasteiger partial charge on any atom is 0.311 e. The summed E-state index contributed by atoms with van der Waals surface area (Å²) in [5, 5.41) is 0. The third-order valence-electron chi connectivity index (χ3n) is 3.43. The maximum absolute atomic E-state index is 5.33. The third kappa shape index (κ3) is 4.30. The minimum Gasteiger partial charge on any atom is -0.327 e. The number of ether oxygens (including phenoxy) is 3. The number of hydrogen-bond donors (Lipinski definition) is 0. The van der Waals surface area contributed by atoms with Crippen molar-refractivity contribution >= 4 is 0 Å². The number of rotatable bonds is 9. The number of methoxy groups -OCH3 is 3. The number of aryl methyl sites for hydroxylation is 1. The zero-order chi connectivity index (χ0) is 14.1. The average molecular weight is 266 g/mol. The molecule has 0 aliphatic rings. The van der Waals surface area contributed by atoms with Crippen LogP contribution in [-0.2, 0) is 26.6 Å². The molecule has 0 fully saturated rings. The monoisotopic (exact) mass is 266 g/mol. The largest absolute Gasteiger partial charge is 0.327 e. The average Bonchev–Trinajstić information content (AvgIpc) is 2.47. The van der Waals surface area contributed by atoms with Gasteiger partial charge in [-0.2, -0.15) is 0 Å². The second-order valence-electron chi connectivity index (χ2n) is 4.68. The summed E-state index contributed by atoms with van der Waals surface area (Å²) in [5.41, 5.74) is 2.22. The van der Waals surface area contributed by atoms with Crippen LogP contribution < -0.4 is 0 Å². The van der Waals surface area contributed by atoms with Crippen molar-refractivity contribution in [3.05, 3.63) is 35.4 Å². The number of benzene rings is 1. The molecule has 19 heavy (non-hydrogen) atoms. The summed E-state index contributed by atoms with van der Waals surface area (Å²) in [7, 11) is 4.73. The summed E-state index contributed by atoms with van der Waals surface area (Å²) in [4.78, 5) is 0. The van der Waals surface area contributed by atoms with Crippen molar-refractivity contribution < 1.29 is 14.2 Å². The first kappa shape index (κ1) is 16.2. The van der Waals surface area contributed by atoms with Crippen LogP contribution in [0.1, 0.15) is 43.7 Å². The Balaban J connectivity index is 2.64. The highest BCUT2D eigenvalue weighted by atomic mass is 16.9. The van der Waals surface area contributed by atoms with E-state index < -0.39 is 5.97 Å². The van der Waals surface area contributed by atoms with Crippen molar-refractivity contribution in [2.24, 2.45) is 0 Å². The first-order valence-corrected chi connectivity index (χ1v) is 6.97. The molecule has 3 nitrogen and oxygen atoms in total. The van der Waals surface area contributed by atoms with Gasteiger partial charge in [0.15, 0.2) is 0 Å². The van der Waals surface area contributed by atoms with Gasteiger partial charge in [0.2, 0.25) is 0 Å². The number of hydrogen-bond acceptors (Lipinski definition) is 3. The van der Waals surface area contributed by atoms with E-state index in [4.69, 9.17) is 14.2 Å². The van der Waals surface area contributed by atoms with Crippen LogP contribution >= 0.6 is 0 Å². The maximum atomic E-state index is 5.33. The van der Waals surface area contributed by atoms with Crippen molar-refractivity contribution in [2.75, 3.05) is 21.3 Å². The molecule has 0 atom stereocenters. The predicted molar refractivity (Wildman–Crippen MR) is 77.0 cm³/mol. The third-order valence-corrected chi connectivity index (χ3v) is 3.43. The van der Waals surface area contributed by atoms with E-state index in [2.05, 4.69) is 19.1 Å². The van der Waals surface area contributed by atoms with Crippen LogP contribution in [0.25, 0.3) is 0 Å². The van der Waals surface area contributed by atoms with Crippen molar-refractivity contribution in [2.45, 2.75) is 45.0 Å².